The Morgan fingerprint density at radius 1 is 1.39 bits per heavy atom. The average Bonchev–Trinajstić information content (AvgIpc) is 2.84. The van der Waals surface area contributed by atoms with Crippen LogP contribution in [0.3, 0.4) is 0 Å². The molecule has 0 aliphatic carbocycles. The van der Waals surface area contributed by atoms with Crippen LogP contribution in [0.5, 0.6) is 0 Å². The number of esters is 1. The number of anilines is 1. The molecule has 0 aliphatic rings. The molecule has 126 valence electrons. The SMILES string of the molecule is Cc1c(C(=O)OC(C)C)sc2ncnc(NCCOCCO)c12. The first-order valence-corrected chi connectivity index (χ1v) is 8.23. The molecule has 2 N–H and O–H groups in total. The standard InChI is InChI=1S/C15H21N3O4S/c1-9(2)22-15(20)12-10(3)11-13(16-4-6-21-7-5-19)17-8-18-14(11)23-12/h8-9,19H,4-7H2,1-3H3,(H,16,17,18). The summed E-state index contributed by atoms with van der Waals surface area (Å²) in [7, 11) is 0. The summed E-state index contributed by atoms with van der Waals surface area (Å²) >= 11 is 1.31. The van der Waals surface area contributed by atoms with Gasteiger partial charge in [-0.2, -0.15) is 0 Å². The van der Waals surface area contributed by atoms with Crippen molar-refractivity contribution < 1.29 is 19.4 Å². The first kappa shape index (κ1) is 17.6. The van der Waals surface area contributed by atoms with Crippen LogP contribution in [0.2, 0.25) is 0 Å². The third-order valence-electron chi connectivity index (χ3n) is 3.03. The molecule has 23 heavy (non-hydrogen) atoms. The Balaban J connectivity index is 2.19. The fourth-order valence-electron chi connectivity index (χ4n) is 2.08. The van der Waals surface area contributed by atoms with E-state index in [2.05, 4.69) is 15.3 Å². The molecule has 2 aromatic rings. The molecular formula is C15H21N3O4S. The van der Waals surface area contributed by atoms with Crippen molar-refractivity contribution in [3.63, 3.8) is 0 Å². The predicted molar refractivity (Wildman–Crippen MR) is 89.1 cm³/mol. The van der Waals surface area contributed by atoms with E-state index >= 15 is 0 Å². The quantitative estimate of drug-likeness (QED) is 0.561. The molecule has 0 amide bonds. The fraction of sp³-hybridized carbons (Fsp3) is 0.533. The highest BCUT2D eigenvalue weighted by atomic mass is 32.1. The zero-order chi connectivity index (χ0) is 16.8. The third-order valence-corrected chi connectivity index (χ3v) is 4.21. The van der Waals surface area contributed by atoms with Crippen molar-refractivity contribution in [1.29, 1.82) is 0 Å². The van der Waals surface area contributed by atoms with Crippen LogP contribution in [0.4, 0.5) is 5.82 Å². The van der Waals surface area contributed by atoms with Crippen molar-refractivity contribution >= 4 is 33.3 Å². The molecule has 2 rings (SSSR count). The van der Waals surface area contributed by atoms with E-state index in [1.165, 1.54) is 17.7 Å². The van der Waals surface area contributed by atoms with Crippen molar-refractivity contribution in [3.8, 4) is 0 Å². The van der Waals surface area contributed by atoms with Gasteiger partial charge in [-0.05, 0) is 26.3 Å². The number of aliphatic hydroxyl groups excluding tert-OH is 1. The van der Waals surface area contributed by atoms with E-state index in [1.54, 1.807) is 0 Å². The number of rotatable bonds is 8. The molecule has 0 saturated heterocycles. The highest BCUT2D eigenvalue weighted by Crippen LogP contribution is 2.33. The molecule has 0 unspecified atom stereocenters. The fourth-order valence-corrected chi connectivity index (χ4v) is 3.11. The van der Waals surface area contributed by atoms with Gasteiger partial charge in [-0.25, -0.2) is 14.8 Å². The Labute approximate surface area is 138 Å². The minimum absolute atomic E-state index is 0.00269. The second-order valence-corrected chi connectivity index (χ2v) is 6.17. The van der Waals surface area contributed by atoms with Crippen molar-refractivity contribution in [2.24, 2.45) is 0 Å². The number of carbonyl (C=O) groups is 1. The van der Waals surface area contributed by atoms with E-state index in [9.17, 15) is 4.79 Å². The van der Waals surface area contributed by atoms with Crippen molar-refractivity contribution in [3.05, 3.63) is 16.8 Å². The summed E-state index contributed by atoms with van der Waals surface area (Å²) < 4.78 is 10.5. The zero-order valence-electron chi connectivity index (χ0n) is 13.5. The second-order valence-electron chi connectivity index (χ2n) is 5.18. The molecule has 0 aromatic carbocycles. The van der Waals surface area contributed by atoms with Crippen molar-refractivity contribution in [2.45, 2.75) is 26.9 Å². The molecule has 0 radical (unpaired) electrons. The molecule has 2 heterocycles. The van der Waals surface area contributed by atoms with Gasteiger partial charge in [0, 0.05) is 6.54 Å². The smallest absolute Gasteiger partial charge is 0.348 e. The average molecular weight is 339 g/mol. The molecule has 8 heteroatoms. The van der Waals surface area contributed by atoms with Gasteiger partial charge >= 0.3 is 5.97 Å². The third kappa shape index (κ3) is 4.37. The Hall–Kier alpha value is -1.77. The number of carbonyl (C=O) groups excluding carboxylic acids is 1. The summed E-state index contributed by atoms with van der Waals surface area (Å²) in [6.45, 7) is 6.82. The van der Waals surface area contributed by atoms with Crippen molar-refractivity contribution in [2.75, 3.05) is 31.7 Å². The van der Waals surface area contributed by atoms with Crippen LogP contribution < -0.4 is 5.32 Å². The van der Waals surface area contributed by atoms with Gasteiger partial charge in [-0.15, -0.1) is 11.3 Å². The van der Waals surface area contributed by atoms with Crippen LogP contribution in [-0.4, -0.2) is 53.5 Å². The van der Waals surface area contributed by atoms with Crippen LogP contribution in [0.15, 0.2) is 6.33 Å². The lowest BCUT2D eigenvalue weighted by Gasteiger charge is -2.08. The van der Waals surface area contributed by atoms with Gasteiger partial charge < -0.3 is 19.9 Å². The van der Waals surface area contributed by atoms with Gasteiger partial charge in [0.1, 0.15) is 21.9 Å². The van der Waals surface area contributed by atoms with Gasteiger partial charge in [-0.1, -0.05) is 0 Å². The van der Waals surface area contributed by atoms with Gasteiger partial charge in [0.2, 0.25) is 0 Å². The first-order chi connectivity index (χ1) is 11.0. The van der Waals surface area contributed by atoms with E-state index in [-0.39, 0.29) is 18.7 Å². The Kier molecular flexibility index (Phi) is 6.26. The number of aromatic nitrogens is 2. The summed E-state index contributed by atoms with van der Waals surface area (Å²) in [5, 5.41) is 12.7. The van der Waals surface area contributed by atoms with Crippen LogP contribution in [0.1, 0.15) is 29.1 Å². The number of nitrogens with one attached hydrogen (secondary N) is 1. The normalized spacial score (nSPS) is 11.2. The van der Waals surface area contributed by atoms with Gasteiger partial charge in [-0.3, -0.25) is 0 Å². The number of thiophene rings is 1. The molecule has 0 atom stereocenters. The Morgan fingerprint density at radius 2 is 2.17 bits per heavy atom. The lowest BCUT2D eigenvalue weighted by atomic mass is 10.2. The van der Waals surface area contributed by atoms with Crippen LogP contribution in [0.25, 0.3) is 10.2 Å². The number of fused-ring (bicyclic) bond motifs is 1. The monoisotopic (exact) mass is 339 g/mol. The maximum absolute atomic E-state index is 12.2. The number of aryl methyl sites for hydroxylation is 1. The lowest BCUT2D eigenvalue weighted by molar-refractivity contribution is 0.0383. The van der Waals surface area contributed by atoms with E-state index in [0.29, 0.717) is 30.5 Å². The van der Waals surface area contributed by atoms with Gasteiger partial charge in [0.05, 0.1) is 31.3 Å². The minimum Gasteiger partial charge on any atom is -0.459 e. The highest BCUT2D eigenvalue weighted by Gasteiger charge is 2.20. The van der Waals surface area contributed by atoms with Crippen LogP contribution in [-0.2, 0) is 9.47 Å². The van der Waals surface area contributed by atoms with Crippen LogP contribution in [0, 0.1) is 6.92 Å². The van der Waals surface area contributed by atoms with E-state index in [0.717, 1.165) is 15.8 Å². The molecule has 7 nitrogen and oxygen atoms in total. The minimum atomic E-state index is -0.335. The topological polar surface area (TPSA) is 93.6 Å². The Bertz CT molecular complexity index is 672. The molecule has 0 bridgehead atoms. The zero-order valence-corrected chi connectivity index (χ0v) is 14.3. The van der Waals surface area contributed by atoms with E-state index < -0.39 is 0 Å². The number of hydrogen-bond acceptors (Lipinski definition) is 8. The van der Waals surface area contributed by atoms with E-state index in [1.807, 2.05) is 20.8 Å². The molecule has 0 spiro atoms. The summed E-state index contributed by atoms with van der Waals surface area (Å²) in [6, 6.07) is 0. The van der Waals surface area contributed by atoms with E-state index in [4.69, 9.17) is 14.6 Å². The molecule has 2 aromatic heterocycles. The Morgan fingerprint density at radius 3 is 2.87 bits per heavy atom. The second kappa shape index (κ2) is 8.19. The van der Waals surface area contributed by atoms with Gasteiger partial charge in [0.25, 0.3) is 0 Å². The summed E-state index contributed by atoms with van der Waals surface area (Å²) in [4.78, 5) is 21.9. The predicted octanol–water partition coefficient (Wildman–Crippen LogP) is 1.99. The summed E-state index contributed by atoms with van der Waals surface area (Å²) in [6.07, 6.45) is 1.30. The largest absolute Gasteiger partial charge is 0.459 e. The molecule has 0 fully saturated rings. The van der Waals surface area contributed by atoms with Gasteiger partial charge in [0.15, 0.2) is 0 Å². The molecule has 0 aliphatic heterocycles. The number of nitrogens with zero attached hydrogens (tertiary/aromatic N) is 2. The summed E-state index contributed by atoms with van der Waals surface area (Å²) in [5.41, 5.74) is 0.815. The summed E-state index contributed by atoms with van der Waals surface area (Å²) in [5.74, 6) is 0.331. The van der Waals surface area contributed by atoms with Crippen molar-refractivity contribution in [1.82, 2.24) is 9.97 Å². The maximum Gasteiger partial charge on any atom is 0.348 e. The van der Waals surface area contributed by atoms with Crippen LogP contribution >= 0.6 is 11.3 Å². The first-order valence-electron chi connectivity index (χ1n) is 7.42. The molecular weight excluding hydrogens is 318 g/mol. The number of hydrogen-bond donors (Lipinski definition) is 2. The molecule has 0 saturated carbocycles. The number of ether oxygens (including phenoxy) is 2. The lowest BCUT2D eigenvalue weighted by Crippen LogP contribution is -2.12. The maximum atomic E-state index is 12.2. The number of aliphatic hydroxyl groups is 1. The highest BCUT2D eigenvalue weighted by molar-refractivity contribution is 7.20.